The topological polar surface area (TPSA) is 81.1 Å². The van der Waals surface area contributed by atoms with Crippen molar-refractivity contribution in [1.29, 1.82) is 0 Å². The van der Waals surface area contributed by atoms with Crippen LogP contribution < -0.4 is 0 Å². The molecule has 7 heteroatoms. The van der Waals surface area contributed by atoms with Gasteiger partial charge < -0.3 is 20.0 Å². The minimum absolute atomic E-state index is 0. The van der Waals surface area contributed by atoms with Gasteiger partial charge >= 0.3 is 28.4 Å². The predicted molar refractivity (Wildman–Crippen MR) is 98.5 cm³/mol. The number of hydrogen-bond acceptors (Lipinski definition) is 4. The molecule has 0 atom stereocenters. The van der Waals surface area contributed by atoms with Crippen molar-refractivity contribution in [3.8, 4) is 0 Å². The maximum atomic E-state index is 10.3. The number of aliphatic carboxylic acids is 2. The quantitative estimate of drug-likeness (QED) is 0.432. The Labute approximate surface area is 163 Å². The van der Waals surface area contributed by atoms with Gasteiger partial charge in [0.1, 0.15) is 0 Å². The maximum Gasteiger partial charge on any atom is 2.00 e. The Hall–Kier alpha value is -0.646. The molecule has 6 nitrogen and oxygen atoms in total. The third-order valence-corrected chi connectivity index (χ3v) is 3.44. The van der Waals surface area contributed by atoms with Gasteiger partial charge in [-0.05, 0) is 51.9 Å². The Morgan fingerprint density at radius 1 is 0.600 bits per heavy atom. The van der Waals surface area contributed by atoms with Crippen molar-refractivity contribution in [2.75, 3.05) is 39.3 Å². The van der Waals surface area contributed by atoms with E-state index in [2.05, 4.69) is 37.5 Å². The van der Waals surface area contributed by atoms with Crippen LogP contribution in [0.25, 0.3) is 0 Å². The zero-order valence-corrected chi connectivity index (χ0v) is 17.4. The van der Waals surface area contributed by atoms with Crippen molar-refractivity contribution >= 4 is 11.9 Å². The van der Waals surface area contributed by atoms with E-state index in [9.17, 15) is 9.59 Å². The first kappa shape index (κ1) is 29.1. The third-order valence-electron chi connectivity index (χ3n) is 3.44. The Morgan fingerprint density at radius 2 is 0.840 bits per heavy atom. The molecule has 0 aliphatic heterocycles. The first-order valence-electron chi connectivity index (χ1n) is 9.29. The fourth-order valence-corrected chi connectivity index (χ4v) is 2.44. The molecule has 0 rings (SSSR count). The van der Waals surface area contributed by atoms with Crippen molar-refractivity contribution in [3.05, 3.63) is 0 Å². The summed E-state index contributed by atoms with van der Waals surface area (Å²) in [6.07, 6.45) is 4.92. The summed E-state index contributed by atoms with van der Waals surface area (Å²) in [7, 11) is 0. The number of nitrogens with zero attached hydrogens (tertiary/aromatic N) is 2. The SMILES string of the molecule is CCCN(CCC)CCC(=O)O.CCCN(CCC)CCC(=O)O.[Ni+2]. The van der Waals surface area contributed by atoms with Crippen LogP contribution in [0.5, 0.6) is 0 Å². The zero-order valence-electron chi connectivity index (χ0n) is 16.4. The minimum atomic E-state index is -0.702. The monoisotopic (exact) mass is 404 g/mol. The van der Waals surface area contributed by atoms with Crippen molar-refractivity contribution in [2.45, 2.75) is 66.2 Å². The second-order valence-electron chi connectivity index (χ2n) is 5.97. The van der Waals surface area contributed by atoms with Gasteiger partial charge in [0.25, 0.3) is 0 Å². The summed E-state index contributed by atoms with van der Waals surface area (Å²) in [5.74, 6) is -1.40. The second-order valence-corrected chi connectivity index (χ2v) is 5.97. The van der Waals surface area contributed by atoms with Gasteiger partial charge in [0.2, 0.25) is 0 Å². The summed E-state index contributed by atoms with van der Waals surface area (Å²) in [5, 5.41) is 16.9. The van der Waals surface area contributed by atoms with Crippen LogP contribution in [0.15, 0.2) is 0 Å². The van der Waals surface area contributed by atoms with Gasteiger partial charge in [-0.3, -0.25) is 9.59 Å². The molecule has 0 saturated heterocycles. The van der Waals surface area contributed by atoms with Gasteiger partial charge in [0.05, 0.1) is 12.8 Å². The molecular formula is C18H38N2NiO4+2. The molecule has 0 aliphatic rings. The van der Waals surface area contributed by atoms with Crippen LogP contribution in [-0.4, -0.2) is 71.2 Å². The van der Waals surface area contributed by atoms with E-state index in [-0.39, 0.29) is 29.3 Å². The average molecular weight is 405 g/mol. The summed E-state index contributed by atoms with van der Waals surface area (Å²) >= 11 is 0. The smallest absolute Gasteiger partial charge is 0.481 e. The first-order valence-corrected chi connectivity index (χ1v) is 9.29. The normalized spacial score (nSPS) is 10.2. The van der Waals surface area contributed by atoms with Crippen molar-refractivity contribution < 1.29 is 36.3 Å². The summed E-state index contributed by atoms with van der Waals surface area (Å²) in [6.45, 7) is 13.9. The minimum Gasteiger partial charge on any atom is -0.481 e. The molecule has 2 N–H and O–H groups in total. The Bertz CT molecular complexity index is 275. The van der Waals surface area contributed by atoms with Gasteiger partial charge in [-0.15, -0.1) is 0 Å². The predicted octanol–water partition coefficient (Wildman–Crippen LogP) is 3.16. The molecule has 0 spiro atoms. The fourth-order valence-electron chi connectivity index (χ4n) is 2.44. The molecule has 0 bridgehead atoms. The molecule has 0 fully saturated rings. The van der Waals surface area contributed by atoms with E-state index in [0.717, 1.165) is 51.9 Å². The molecule has 0 amide bonds. The zero-order chi connectivity index (χ0) is 18.8. The van der Waals surface area contributed by atoms with Crippen LogP contribution in [0.1, 0.15) is 66.2 Å². The third kappa shape index (κ3) is 23.4. The van der Waals surface area contributed by atoms with Crippen LogP contribution >= 0.6 is 0 Å². The Morgan fingerprint density at radius 3 is 1.00 bits per heavy atom. The summed E-state index contributed by atoms with van der Waals surface area (Å²) in [4.78, 5) is 25.0. The summed E-state index contributed by atoms with van der Waals surface area (Å²) in [5.41, 5.74) is 0. The van der Waals surface area contributed by atoms with E-state index in [4.69, 9.17) is 10.2 Å². The van der Waals surface area contributed by atoms with E-state index in [1.807, 2.05) is 0 Å². The molecule has 0 aromatic rings. The van der Waals surface area contributed by atoms with Crippen LogP contribution in [0.2, 0.25) is 0 Å². The number of carbonyl (C=O) groups is 2. The molecule has 0 aliphatic carbocycles. The molecule has 0 aromatic carbocycles. The fraction of sp³-hybridized carbons (Fsp3) is 0.889. The van der Waals surface area contributed by atoms with Crippen molar-refractivity contribution in [2.24, 2.45) is 0 Å². The van der Waals surface area contributed by atoms with Gasteiger partial charge in [-0.2, -0.15) is 0 Å². The molecule has 0 unspecified atom stereocenters. The van der Waals surface area contributed by atoms with Gasteiger partial charge in [-0.1, -0.05) is 27.7 Å². The van der Waals surface area contributed by atoms with Gasteiger partial charge in [0.15, 0.2) is 0 Å². The maximum absolute atomic E-state index is 10.3. The Balaban J connectivity index is -0.000000372. The summed E-state index contributed by atoms with van der Waals surface area (Å²) in [6, 6.07) is 0. The molecule has 152 valence electrons. The second kappa shape index (κ2) is 21.4. The molecule has 25 heavy (non-hydrogen) atoms. The van der Waals surface area contributed by atoms with E-state index < -0.39 is 11.9 Å². The summed E-state index contributed by atoms with van der Waals surface area (Å²) < 4.78 is 0. The van der Waals surface area contributed by atoms with Crippen LogP contribution in [0, 0.1) is 0 Å². The molecule has 0 radical (unpaired) electrons. The number of carboxylic acids is 2. The van der Waals surface area contributed by atoms with Crippen LogP contribution in [0.3, 0.4) is 0 Å². The standard InChI is InChI=1S/2C9H19NO2.Ni/c2*1-3-6-10(7-4-2)8-5-9(11)12;/h2*3-8H2,1-2H3,(H,11,12);/q;;+2. The van der Waals surface area contributed by atoms with E-state index in [1.54, 1.807) is 0 Å². The van der Waals surface area contributed by atoms with Crippen molar-refractivity contribution in [1.82, 2.24) is 9.80 Å². The first-order chi connectivity index (χ1) is 11.4. The van der Waals surface area contributed by atoms with Gasteiger partial charge in [0, 0.05) is 13.1 Å². The molecule has 0 saturated carbocycles. The van der Waals surface area contributed by atoms with Crippen LogP contribution in [0.4, 0.5) is 0 Å². The molecule has 0 aromatic heterocycles. The number of carboxylic acid groups (broad SMARTS) is 2. The van der Waals surface area contributed by atoms with Crippen molar-refractivity contribution in [3.63, 3.8) is 0 Å². The molecular weight excluding hydrogens is 367 g/mol. The van der Waals surface area contributed by atoms with E-state index in [1.165, 1.54) is 0 Å². The van der Waals surface area contributed by atoms with Gasteiger partial charge in [-0.25, -0.2) is 0 Å². The van der Waals surface area contributed by atoms with Crippen LogP contribution in [-0.2, 0) is 26.1 Å². The largest absolute Gasteiger partial charge is 2.00 e. The average Bonchev–Trinajstić information content (AvgIpc) is 2.52. The Kier molecular flexibility index (Phi) is 24.9. The van der Waals surface area contributed by atoms with E-state index >= 15 is 0 Å². The number of rotatable bonds is 14. The number of hydrogen-bond donors (Lipinski definition) is 2. The molecule has 0 heterocycles. The van der Waals surface area contributed by atoms with E-state index in [0.29, 0.717) is 13.1 Å².